The third-order valence-corrected chi connectivity index (χ3v) is 6.01. The Bertz CT molecular complexity index is 676. The van der Waals surface area contributed by atoms with Gasteiger partial charge >= 0.3 is 6.03 Å². The highest BCUT2D eigenvalue weighted by Crippen LogP contribution is 2.18. The first-order valence-electron chi connectivity index (χ1n) is 7.39. The van der Waals surface area contributed by atoms with Gasteiger partial charge in [-0.25, -0.2) is 4.79 Å². The molecular weight excluding hydrogens is 328 g/mol. The zero-order chi connectivity index (χ0) is 16.9. The molecule has 0 spiro atoms. The summed E-state index contributed by atoms with van der Waals surface area (Å²) in [5.74, 6) is 0.482. The third-order valence-electron chi connectivity index (χ3n) is 3.17. The summed E-state index contributed by atoms with van der Waals surface area (Å²) in [7, 11) is -0.960. The van der Waals surface area contributed by atoms with E-state index in [9.17, 15) is 9.00 Å². The number of rotatable bonds is 5. The van der Waals surface area contributed by atoms with Crippen molar-refractivity contribution >= 4 is 33.9 Å². The Hall–Kier alpha value is -1.66. The molecule has 4 nitrogen and oxygen atoms in total. The molecule has 1 unspecified atom stereocenters. The molecule has 2 N–H and O–H groups in total. The lowest BCUT2D eigenvalue weighted by atomic mass is 10.2. The lowest BCUT2D eigenvalue weighted by molar-refractivity contribution is 0.252. The van der Waals surface area contributed by atoms with Crippen LogP contribution in [0.25, 0.3) is 0 Å². The molecule has 0 aliphatic heterocycles. The van der Waals surface area contributed by atoms with Crippen LogP contribution in [0.4, 0.5) is 10.5 Å². The van der Waals surface area contributed by atoms with Gasteiger partial charge in [-0.3, -0.25) is 4.21 Å². The van der Waals surface area contributed by atoms with Crippen molar-refractivity contribution in [3.8, 4) is 0 Å². The van der Waals surface area contributed by atoms with Gasteiger partial charge in [-0.2, -0.15) is 0 Å². The maximum Gasteiger partial charge on any atom is 0.319 e. The summed E-state index contributed by atoms with van der Waals surface area (Å²) in [5, 5.41) is 7.61. The normalized spacial score (nSPS) is 12.7. The van der Waals surface area contributed by atoms with Gasteiger partial charge in [0.25, 0.3) is 0 Å². The minimum atomic E-state index is -0.960. The predicted molar refractivity (Wildman–Crippen MR) is 98.2 cm³/mol. The van der Waals surface area contributed by atoms with Crippen molar-refractivity contribution < 1.29 is 9.00 Å². The highest BCUT2D eigenvalue weighted by molar-refractivity contribution is 7.85. The minimum absolute atomic E-state index is 0.243. The van der Waals surface area contributed by atoms with Crippen molar-refractivity contribution in [1.29, 1.82) is 0 Å². The van der Waals surface area contributed by atoms with E-state index in [2.05, 4.69) is 10.6 Å². The molecule has 1 aromatic heterocycles. The van der Waals surface area contributed by atoms with Crippen molar-refractivity contribution in [3.63, 3.8) is 0 Å². The molecule has 23 heavy (non-hydrogen) atoms. The van der Waals surface area contributed by atoms with Crippen LogP contribution in [-0.2, 0) is 23.1 Å². The van der Waals surface area contributed by atoms with E-state index >= 15 is 0 Å². The van der Waals surface area contributed by atoms with E-state index in [1.165, 1.54) is 0 Å². The Morgan fingerprint density at radius 3 is 2.65 bits per heavy atom. The fourth-order valence-electron chi connectivity index (χ4n) is 1.86. The SMILES string of the molecule is CC(C)(C)S(=O)Cc1cccc(NC(=O)NCc2cccs2)c1. The summed E-state index contributed by atoms with van der Waals surface area (Å²) in [4.78, 5) is 13.0. The van der Waals surface area contributed by atoms with Gasteiger partial charge < -0.3 is 10.6 Å². The molecule has 124 valence electrons. The van der Waals surface area contributed by atoms with Crippen molar-refractivity contribution in [3.05, 3.63) is 52.2 Å². The second-order valence-corrected chi connectivity index (χ2v) is 9.43. The number of hydrogen-bond donors (Lipinski definition) is 2. The Kier molecular flexibility index (Phi) is 5.96. The first-order chi connectivity index (χ1) is 10.8. The van der Waals surface area contributed by atoms with E-state index in [4.69, 9.17) is 0 Å². The van der Waals surface area contributed by atoms with Crippen molar-refractivity contribution in [2.75, 3.05) is 5.32 Å². The van der Waals surface area contributed by atoms with Crippen LogP contribution in [0.5, 0.6) is 0 Å². The number of carbonyl (C=O) groups is 1. The van der Waals surface area contributed by atoms with E-state index in [-0.39, 0.29) is 10.8 Å². The lowest BCUT2D eigenvalue weighted by Crippen LogP contribution is -2.28. The number of carbonyl (C=O) groups excluding carboxylic acids is 1. The van der Waals surface area contributed by atoms with Crippen LogP contribution in [-0.4, -0.2) is 15.0 Å². The summed E-state index contributed by atoms with van der Waals surface area (Å²) >= 11 is 1.61. The van der Waals surface area contributed by atoms with Gasteiger partial charge in [0.1, 0.15) is 0 Å². The number of benzene rings is 1. The molecule has 2 amide bonds. The van der Waals surface area contributed by atoms with E-state index < -0.39 is 10.8 Å². The van der Waals surface area contributed by atoms with Gasteiger partial charge in [0.2, 0.25) is 0 Å². The topological polar surface area (TPSA) is 58.2 Å². The first-order valence-corrected chi connectivity index (χ1v) is 9.59. The van der Waals surface area contributed by atoms with Crippen LogP contribution in [0.3, 0.4) is 0 Å². The predicted octanol–water partition coefficient (Wildman–Crippen LogP) is 4.12. The molecule has 2 aromatic rings. The summed E-state index contributed by atoms with van der Waals surface area (Å²) < 4.78 is 12.0. The summed E-state index contributed by atoms with van der Waals surface area (Å²) in [6.45, 7) is 6.40. The molecule has 0 fully saturated rings. The average molecular weight is 351 g/mol. The van der Waals surface area contributed by atoms with Crippen LogP contribution < -0.4 is 10.6 Å². The van der Waals surface area contributed by atoms with Gasteiger partial charge in [-0.1, -0.05) is 18.2 Å². The first kappa shape index (κ1) is 17.7. The highest BCUT2D eigenvalue weighted by atomic mass is 32.2. The molecule has 0 aliphatic rings. The lowest BCUT2D eigenvalue weighted by Gasteiger charge is -2.18. The molecule has 1 aromatic carbocycles. The van der Waals surface area contributed by atoms with Crippen molar-refractivity contribution in [2.24, 2.45) is 0 Å². The zero-order valence-corrected chi connectivity index (χ0v) is 15.2. The van der Waals surface area contributed by atoms with E-state index in [0.29, 0.717) is 18.0 Å². The molecule has 0 bridgehead atoms. The monoisotopic (exact) mass is 350 g/mol. The number of nitrogens with one attached hydrogen (secondary N) is 2. The van der Waals surface area contributed by atoms with Crippen LogP contribution in [0.2, 0.25) is 0 Å². The second kappa shape index (κ2) is 7.75. The Morgan fingerprint density at radius 1 is 1.22 bits per heavy atom. The number of amides is 2. The van der Waals surface area contributed by atoms with Gasteiger partial charge in [-0.05, 0) is 49.9 Å². The molecule has 1 heterocycles. The van der Waals surface area contributed by atoms with Crippen molar-refractivity contribution in [1.82, 2.24) is 5.32 Å². The van der Waals surface area contributed by atoms with Crippen molar-refractivity contribution in [2.45, 2.75) is 37.8 Å². The van der Waals surface area contributed by atoms with Crippen LogP contribution in [0.1, 0.15) is 31.2 Å². The number of hydrogen-bond acceptors (Lipinski definition) is 3. The number of anilines is 1. The molecule has 0 saturated heterocycles. The molecule has 2 rings (SSSR count). The van der Waals surface area contributed by atoms with Gasteiger partial charge in [0.05, 0.1) is 6.54 Å². The molecule has 0 aliphatic carbocycles. The summed E-state index contributed by atoms with van der Waals surface area (Å²) in [5.41, 5.74) is 1.66. The zero-order valence-electron chi connectivity index (χ0n) is 13.6. The fourth-order valence-corrected chi connectivity index (χ4v) is 3.42. The standard InChI is InChI=1S/C17H22N2O2S2/c1-17(2,3)23(21)12-13-6-4-7-14(10-13)19-16(20)18-11-15-8-5-9-22-15/h4-10H,11-12H2,1-3H3,(H2,18,19,20). The Morgan fingerprint density at radius 2 is 2.00 bits per heavy atom. The highest BCUT2D eigenvalue weighted by Gasteiger charge is 2.19. The van der Waals surface area contributed by atoms with Gasteiger partial charge in [-0.15, -0.1) is 11.3 Å². The molecule has 0 radical (unpaired) electrons. The van der Waals surface area contributed by atoms with Crippen LogP contribution in [0.15, 0.2) is 41.8 Å². The molecule has 1 atom stereocenters. The number of thiophene rings is 1. The maximum absolute atomic E-state index is 12.2. The molecule has 0 saturated carbocycles. The minimum Gasteiger partial charge on any atom is -0.333 e. The summed E-state index contributed by atoms with van der Waals surface area (Å²) in [6.07, 6.45) is 0. The number of urea groups is 1. The molecule has 6 heteroatoms. The average Bonchev–Trinajstić information content (AvgIpc) is 2.98. The Labute approximate surface area is 143 Å². The van der Waals surface area contributed by atoms with Gasteiger partial charge in [0.15, 0.2) is 0 Å². The van der Waals surface area contributed by atoms with E-state index in [0.717, 1.165) is 10.4 Å². The summed E-state index contributed by atoms with van der Waals surface area (Å²) in [6, 6.07) is 11.2. The van der Waals surface area contributed by atoms with Crippen LogP contribution in [0, 0.1) is 0 Å². The quantitative estimate of drug-likeness (QED) is 0.852. The van der Waals surface area contributed by atoms with E-state index in [1.807, 2.05) is 62.5 Å². The third kappa shape index (κ3) is 5.80. The van der Waals surface area contributed by atoms with E-state index in [1.54, 1.807) is 11.3 Å². The van der Waals surface area contributed by atoms with Crippen LogP contribution >= 0.6 is 11.3 Å². The fraction of sp³-hybridized carbons (Fsp3) is 0.353. The maximum atomic E-state index is 12.2. The van der Waals surface area contributed by atoms with Gasteiger partial charge in [0, 0.05) is 31.9 Å². The largest absolute Gasteiger partial charge is 0.333 e. The second-order valence-electron chi connectivity index (χ2n) is 6.19. The smallest absolute Gasteiger partial charge is 0.319 e. The Balaban J connectivity index is 1.91. The molecular formula is C17H22N2O2S2.